The molecular weight excluding hydrogens is 506 g/mol. The first-order valence-corrected chi connectivity index (χ1v) is 13.0. The predicted molar refractivity (Wildman–Crippen MR) is 154 cm³/mol. The van der Waals surface area contributed by atoms with Gasteiger partial charge in [-0.1, -0.05) is 84.4 Å². The first-order chi connectivity index (χ1) is 17.5. The van der Waals surface area contributed by atoms with E-state index in [2.05, 4.69) is 132 Å². The van der Waals surface area contributed by atoms with Gasteiger partial charge in [0.1, 0.15) is 11.2 Å². The maximum absolute atomic E-state index is 6.25. The Balaban J connectivity index is 1.50. The number of hydrogen-bond donors (Lipinski definition) is 0. The van der Waals surface area contributed by atoms with Crippen LogP contribution in [-0.2, 0) is 5.41 Å². The molecule has 174 valence electrons. The van der Waals surface area contributed by atoms with Crippen LogP contribution in [0.3, 0.4) is 0 Å². The van der Waals surface area contributed by atoms with Gasteiger partial charge in [0.2, 0.25) is 0 Å². The Bertz CT molecular complexity index is 1780. The van der Waals surface area contributed by atoms with Crippen molar-refractivity contribution < 1.29 is 4.42 Å². The molecule has 0 aliphatic heterocycles. The van der Waals surface area contributed by atoms with Crippen LogP contribution in [0.5, 0.6) is 0 Å². The highest BCUT2D eigenvalue weighted by Crippen LogP contribution is 2.51. The Hall–Kier alpha value is -3.82. The van der Waals surface area contributed by atoms with E-state index in [-0.39, 0.29) is 5.41 Å². The normalized spacial score (nSPS) is 13.6. The van der Waals surface area contributed by atoms with Crippen molar-refractivity contribution in [2.45, 2.75) is 19.3 Å². The van der Waals surface area contributed by atoms with Crippen LogP contribution in [-0.4, -0.2) is 0 Å². The maximum atomic E-state index is 6.25. The highest BCUT2D eigenvalue weighted by atomic mass is 79.9. The average Bonchev–Trinajstić information content (AvgIpc) is 3.39. The first kappa shape index (κ1) is 21.5. The fourth-order valence-corrected chi connectivity index (χ4v) is 6.06. The molecule has 1 aromatic heterocycles. The summed E-state index contributed by atoms with van der Waals surface area (Å²) in [6, 6.07) is 38.9. The van der Waals surface area contributed by atoms with Gasteiger partial charge < -0.3 is 9.32 Å². The van der Waals surface area contributed by atoms with Crippen molar-refractivity contribution >= 4 is 54.9 Å². The molecule has 5 aromatic carbocycles. The lowest BCUT2D eigenvalue weighted by molar-refractivity contribution is 0.660. The minimum absolute atomic E-state index is 0.0678. The van der Waals surface area contributed by atoms with Crippen LogP contribution in [0.1, 0.15) is 25.0 Å². The van der Waals surface area contributed by atoms with Gasteiger partial charge in [-0.2, -0.15) is 0 Å². The van der Waals surface area contributed by atoms with Gasteiger partial charge in [0, 0.05) is 26.6 Å². The van der Waals surface area contributed by atoms with Gasteiger partial charge in [0.15, 0.2) is 0 Å². The number of nitrogens with zero attached hydrogens (tertiary/aromatic N) is 1. The molecule has 36 heavy (non-hydrogen) atoms. The molecule has 0 amide bonds. The lowest BCUT2D eigenvalue weighted by Gasteiger charge is -2.28. The number of anilines is 3. The molecular formula is C33H24BrNO. The molecule has 7 rings (SSSR count). The molecule has 0 bridgehead atoms. The van der Waals surface area contributed by atoms with Crippen LogP contribution >= 0.6 is 15.9 Å². The highest BCUT2D eigenvalue weighted by Gasteiger charge is 2.35. The van der Waals surface area contributed by atoms with E-state index in [1.807, 2.05) is 12.1 Å². The summed E-state index contributed by atoms with van der Waals surface area (Å²) in [7, 11) is 0. The summed E-state index contributed by atoms with van der Waals surface area (Å²) >= 11 is 3.61. The molecule has 0 spiro atoms. The third-order valence-corrected chi connectivity index (χ3v) is 8.06. The molecule has 0 saturated carbocycles. The van der Waals surface area contributed by atoms with Crippen molar-refractivity contribution in [2.24, 2.45) is 0 Å². The average molecular weight is 530 g/mol. The summed E-state index contributed by atoms with van der Waals surface area (Å²) in [5.41, 5.74) is 10.5. The molecule has 1 aliphatic rings. The van der Waals surface area contributed by atoms with Gasteiger partial charge in [0.25, 0.3) is 0 Å². The Morgan fingerprint density at radius 3 is 2.19 bits per heavy atom. The van der Waals surface area contributed by atoms with E-state index < -0.39 is 0 Å². The smallest absolute Gasteiger partial charge is 0.137 e. The lowest BCUT2D eigenvalue weighted by Crippen LogP contribution is -2.16. The molecule has 0 N–H and O–H groups in total. The maximum Gasteiger partial charge on any atom is 0.137 e. The molecule has 1 heterocycles. The summed E-state index contributed by atoms with van der Waals surface area (Å²) in [5, 5.41) is 2.25. The van der Waals surface area contributed by atoms with Crippen molar-refractivity contribution in [2.75, 3.05) is 4.90 Å². The number of hydrogen-bond acceptors (Lipinski definition) is 2. The number of fused-ring (bicyclic) bond motifs is 6. The van der Waals surface area contributed by atoms with E-state index in [1.54, 1.807) is 0 Å². The van der Waals surface area contributed by atoms with Gasteiger partial charge in [-0.25, -0.2) is 0 Å². The Morgan fingerprint density at radius 2 is 1.33 bits per heavy atom. The quantitative estimate of drug-likeness (QED) is 0.226. The second kappa shape index (κ2) is 7.84. The zero-order valence-corrected chi connectivity index (χ0v) is 21.7. The number of furan rings is 1. The van der Waals surface area contributed by atoms with Crippen LogP contribution < -0.4 is 4.90 Å². The monoisotopic (exact) mass is 529 g/mol. The van der Waals surface area contributed by atoms with Crippen molar-refractivity contribution in [3.63, 3.8) is 0 Å². The molecule has 0 unspecified atom stereocenters. The highest BCUT2D eigenvalue weighted by molar-refractivity contribution is 9.10. The van der Waals surface area contributed by atoms with Crippen molar-refractivity contribution in [1.29, 1.82) is 0 Å². The summed E-state index contributed by atoms with van der Waals surface area (Å²) in [4.78, 5) is 2.36. The zero-order valence-electron chi connectivity index (χ0n) is 20.1. The van der Waals surface area contributed by atoms with Crippen molar-refractivity contribution in [1.82, 2.24) is 0 Å². The molecule has 2 nitrogen and oxygen atoms in total. The topological polar surface area (TPSA) is 16.4 Å². The number of halogens is 1. The van der Waals surface area contributed by atoms with E-state index in [9.17, 15) is 0 Å². The zero-order chi connectivity index (χ0) is 24.4. The van der Waals surface area contributed by atoms with Crippen LogP contribution in [0.15, 0.2) is 118 Å². The van der Waals surface area contributed by atoms with Crippen molar-refractivity contribution in [3.05, 3.63) is 125 Å². The number of benzene rings is 5. The molecule has 3 heteroatoms. The third kappa shape index (κ3) is 3.09. The van der Waals surface area contributed by atoms with Gasteiger partial charge in [-0.05, 0) is 76.9 Å². The van der Waals surface area contributed by atoms with Gasteiger partial charge in [-0.15, -0.1) is 0 Å². The summed E-state index contributed by atoms with van der Waals surface area (Å²) < 4.78 is 7.31. The fourth-order valence-electron chi connectivity index (χ4n) is 5.79. The van der Waals surface area contributed by atoms with Gasteiger partial charge >= 0.3 is 0 Å². The largest absolute Gasteiger partial charge is 0.456 e. The predicted octanol–water partition coefficient (Wildman–Crippen LogP) is 10.1. The fraction of sp³-hybridized carbons (Fsp3) is 0.0909. The third-order valence-electron chi connectivity index (χ3n) is 7.53. The Labute approximate surface area is 218 Å². The standard InChI is InChI=1S/C33H24BrNO/c1-33(2)27-10-5-3-8-24(27)25-19-18-23(20-28(25)33)35(22-16-14-21(34)15-17-22)29-11-7-13-31-32(29)26-9-4-6-12-30(26)36-31/h3-20H,1-2H3. The minimum atomic E-state index is -0.0678. The van der Waals surface area contributed by atoms with Gasteiger partial charge in [-0.3, -0.25) is 0 Å². The van der Waals surface area contributed by atoms with E-state index in [0.29, 0.717) is 0 Å². The molecule has 0 radical (unpaired) electrons. The molecule has 0 atom stereocenters. The summed E-state index contributed by atoms with van der Waals surface area (Å²) in [6.45, 7) is 4.66. The summed E-state index contributed by atoms with van der Waals surface area (Å²) in [5.74, 6) is 0. The number of rotatable bonds is 3. The van der Waals surface area contributed by atoms with E-state index in [0.717, 1.165) is 43.5 Å². The van der Waals surface area contributed by atoms with Crippen LogP contribution in [0.2, 0.25) is 0 Å². The van der Waals surface area contributed by atoms with Crippen LogP contribution in [0, 0.1) is 0 Å². The second-order valence-electron chi connectivity index (χ2n) is 9.96. The summed E-state index contributed by atoms with van der Waals surface area (Å²) in [6.07, 6.45) is 0. The van der Waals surface area contributed by atoms with Crippen LogP contribution in [0.4, 0.5) is 17.1 Å². The van der Waals surface area contributed by atoms with Crippen molar-refractivity contribution in [3.8, 4) is 11.1 Å². The molecule has 0 saturated heterocycles. The van der Waals surface area contributed by atoms with E-state index >= 15 is 0 Å². The second-order valence-corrected chi connectivity index (χ2v) is 10.9. The minimum Gasteiger partial charge on any atom is -0.456 e. The van der Waals surface area contributed by atoms with Crippen LogP contribution in [0.25, 0.3) is 33.1 Å². The van der Waals surface area contributed by atoms with E-state index in [1.165, 1.54) is 22.3 Å². The molecule has 1 aliphatic carbocycles. The first-order valence-electron chi connectivity index (χ1n) is 12.2. The Morgan fingerprint density at radius 1 is 0.639 bits per heavy atom. The SMILES string of the molecule is CC1(C)c2ccccc2-c2ccc(N(c3ccc(Br)cc3)c3cccc4oc5ccccc5c34)cc21. The molecule has 0 fully saturated rings. The molecule has 6 aromatic rings. The Kier molecular flexibility index (Phi) is 4.67. The lowest BCUT2D eigenvalue weighted by atomic mass is 9.82. The van der Waals surface area contributed by atoms with E-state index in [4.69, 9.17) is 4.42 Å². The number of para-hydroxylation sites is 1. The van der Waals surface area contributed by atoms with Gasteiger partial charge in [0.05, 0.1) is 11.1 Å².